The quantitative estimate of drug-likeness (QED) is 0.374. The highest BCUT2D eigenvalue weighted by Gasteiger charge is 2.21. The average Bonchev–Trinajstić information content (AvgIpc) is 2.28. The number of rotatable bonds is 4. The number of carbonyl (C=O) groups excluding carboxylic acids is 1. The Labute approximate surface area is 104 Å². The molecule has 0 unspecified atom stereocenters. The summed E-state index contributed by atoms with van der Waals surface area (Å²) in [5.74, 6) is -1.65. The highest BCUT2D eigenvalue weighted by Crippen LogP contribution is 2.14. The highest BCUT2D eigenvalue weighted by atomic mass is 19.1. The van der Waals surface area contributed by atoms with E-state index in [1.165, 1.54) is 25.1 Å². The van der Waals surface area contributed by atoms with Crippen molar-refractivity contribution in [2.75, 3.05) is 6.61 Å². The van der Waals surface area contributed by atoms with Crippen LogP contribution in [0.4, 0.5) is 4.39 Å². The molecule has 0 bridgehead atoms. The molecular formula is C13H14FNO3. The van der Waals surface area contributed by atoms with Gasteiger partial charge in [0.25, 0.3) is 0 Å². The van der Waals surface area contributed by atoms with Gasteiger partial charge in [-0.25, -0.2) is 9.18 Å². The number of aliphatic hydroxyl groups is 1. The molecular weight excluding hydrogens is 237 g/mol. The predicted molar refractivity (Wildman–Crippen MR) is 65.2 cm³/mol. The van der Waals surface area contributed by atoms with Crippen LogP contribution in [0.2, 0.25) is 0 Å². The maximum atomic E-state index is 13.0. The summed E-state index contributed by atoms with van der Waals surface area (Å²) in [5, 5.41) is 17.3. The number of nitrogens with one attached hydrogen (secondary N) is 1. The van der Waals surface area contributed by atoms with Gasteiger partial charge in [-0.15, -0.1) is 0 Å². The third kappa shape index (κ3) is 3.16. The topological polar surface area (TPSA) is 70.4 Å². The van der Waals surface area contributed by atoms with Gasteiger partial charge >= 0.3 is 5.97 Å². The lowest BCUT2D eigenvalue weighted by molar-refractivity contribution is -0.138. The molecule has 0 aliphatic carbocycles. The fraction of sp³-hybridized carbons (Fsp3) is 0.231. The zero-order valence-corrected chi connectivity index (χ0v) is 10.2. The summed E-state index contributed by atoms with van der Waals surface area (Å²) in [6.07, 6.45) is 0. The molecule has 96 valence electrons. The lowest BCUT2D eigenvalue weighted by atomic mass is 10.0. The van der Waals surface area contributed by atoms with E-state index in [0.717, 1.165) is 6.07 Å². The van der Waals surface area contributed by atoms with Crippen LogP contribution in [-0.4, -0.2) is 23.4 Å². The van der Waals surface area contributed by atoms with Crippen molar-refractivity contribution in [3.05, 3.63) is 47.0 Å². The maximum absolute atomic E-state index is 13.0. The number of esters is 1. The lowest BCUT2D eigenvalue weighted by Crippen LogP contribution is -2.18. The highest BCUT2D eigenvalue weighted by molar-refractivity contribution is 6.25. The van der Waals surface area contributed by atoms with Crippen LogP contribution in [0.3, 0.4) is 0 Å². The molecule has 1 aromatic rings. The molecule has 1 rings (SSSR count). The molecule has 1 aromatic carbocycles. The normalized spacial score (nSPS) is 11.7. The van der Waals surface area contributed by atoms with Crippen molar-refractivity contribution < 1.29 is 19.0 Å². The third-order valence-electron chi connectivity index (χ3n) is 2.20. The molecule has 0 aromatic heterocycles. The van der Waals surface area contributed by atoms with Gasteiger partial charge in [0.15, 0.2) is 0 Å². The second kappa shape index (κ2) is 5.95. The molecule has 0 heterocycles. The summed E-state index contributed by atoms with van der Waals surface area (Å²) < 4.78 is 17.8. The minimum atomic E-state index is -0.799. The van der Waals surface area contributed by atoms with Crippen LogP contribution >= 0.6 is 0 Å². The van der Waals surface area contributed by atoms with E-state index in [2.05, 4.69) is 0 Å². The number of aliphatic hydroxyl groups excluding tert-OH is 1. The minimum absolute atomic E-state index is 0.131. The molecule has 0 saturated heterocycles. The molecule has 0 aliphatic heterocycles. The smallest absolute Gasteiger partial charge is 0.343 e. The van der Waals surface area contributed by atoms with E-state index in [4.69, 9.17) is 10.1 Å². The molecule has 0 fully saturated rings. The van der Waals surface area contributed by atoms with E-state index in [1.807, 2.05) is 0 Å². The average molecular weight is 251 g/mol. The number of ether oxygens (including phenoxy) is 1. The predicted octanol–water partition coefficient (Wildman–Crippen LogP) is 2.59. The van der Waals surface area contributed by atoms with E-state index in [9.17, 15) is 14.3 Å². The maximum Gasteiger partial charge on any atom is 0.343 e. The van der Waals surface area contributed by atoms with Gasteiger partial charge < -0.3 is 9.84 Å². The Balaban J connectivity index is 3.13. The Morgan fingerprint density at radius 2 is 2.17 bits per heavy atom. The van der Waals surface area contributed by atoms with Gasteiger partial charge in [0.05, 0.1) is 12.3 Å². The summed E-state index contributed by atoms with van der Waals surface area (Å²) in [4.78, 5) is 11.6. The largest absolute Gasteiger partial charge is 0.512 e. The summed E-state index contributed by atoms with van der Waals surface area (Å²) >= 11 is 0. The first-order chi connectivity index (χ1) is 8.47. The Morgan fingerprint density at radius 1 is 1.50 bits per heavy atom. The van der Waals surface area contributed by atoms with E-state index < -0.39 is 11.8 Å². The van der Waals surface area contributed by atoms with Crippen molar-refractivity contribution in [1.29, 1.82) is 5.41 Å². The molecule has 0 atom stereocenters. The van der Waals surface area contributed by atoms with E-state index >= 15 is 0 Å². The van der Waals surface area contributed by atoms with Crippen LogP contribution in [0.5, 0.6) is 0 Å². The number of hydrogen-bond acceptors (Lipinski definition) is 4. The van der Waals surface area contributed by atoms with Crippen molar-refractivity contribution >= 4 is 11.7 Å². The minimum Gasteiger partial charge on any atom is -0.512 e. The van der Waals surface area contributed by atoms with Crippen LogP contribution in [0.15, 0.2) is 35.6 Å². The number of benzene rings is 1. The fourth-order valence-electron chi connectivity index (χ4n) is 1.42. The van der Waals surface area contributed by atoms with Gasteiger partial charge in [-0.2, -0.15) is 0 Å². The summed E-state index contributed by atoms with van der Waals surface area (Å²) in [7, 11) is 0. The summed E-state index contributed by atoms with van der Waals surface area (Å²) in [6, 6.07) is 5.25. The Kier molecular flexibility index (Phi) is 4.59. The number of carbonyl (C=O) groups is 1. The molecule has 0 radical (unpaired) electrons. The fourth-order valence-corrected chi connectivity index (χ4v) is 1.42. The second-order valence-corrected chi connectivity index (χ2v) is 3.57. The molecule has 4 nitrogen and oxygen atoms in total. The van der Waals surface area contributed by atoms with Crippen LogP contribution in [0, 0.1) is 11.2 Å². The molecule has 0 spiro atoms. The van der Waals surface area contributed by atoms with Crippen molar-refractivity contribution in [3.63, 3.8) is 0 Å². The number of allylic oxidation sites excluding steroid dienone is 1. The van der Waals surface area contributed by atoms with Gasteiger partial charge in [0.2, 0.25) is 0 Å². The van der Waals surface area contributed by atoms with Gasteiger partial charge in [-0.3, -0.25) is 5.41 Å². The first-order valence-corrected chi connectivity index (χ1v) is 5.39. The first-order valence-electron chi connectivity index (χ1n) is 5.39. The van der Waals surface area contributed by atoms with Crippen molar-refractivity contribution in [2.24, 2.45) is 0 Å². The van der Waals surface area contributed by atoms with E-state index in [-0.39, 0.29) is 29.2 Å². The van der Waals surface area contributed by atoms with Gasteiger partial charge in [-0.1, -0.05) is 12.1 Å². The summed E-state index contributed by atoms with van der Waals surface area (Å²) in [5.41, 5.74) is -0.332. The van der Waals surface area contributed by atoms with Crippen molar-refractivity contribution in [2.45, 2.75) is 13.8 Å². The molecule has 2 N–H and O–H groups in total. The van der Waals surface area contributed by atoms with Crippen molar-refractivity contribution in [1.82, 2.24) is 0 Å². The SMILES string of the molecule is CCOC(=O)C(C(=N)c1cccc(F)c1)=C(C)O. The summed E-state index contributed by atoms with van der Waals surface area (Å²) in [6.45, 7) is 3.03. The van der Waals surface area contributed by atoms with Crippen LogP contribution < -0.4 is 0 Å². The second-order valence-electron chi connectivity index (χ2n) is 3.57. The van der Waals surface area contributed by atoms with Crippen LogP contribution in [-0.2, 0) is 9.53 Å². The first kappa shape index (κ1) is 13.9. The van der Waals surface area contributed by atoms with Gasteiger partial charge in [0.1, 0.15) is 17.1 Å². The Hall–Kier alpha value is -2.17. The standard InChI is InChI=1S/C13H14FNO3/c1-3-18-13(17)11(8(2)16)12(15)9-5-4-6-10(14)7-9/h4-7,15-16H,3H2,1-2H3. The molecule has 0 saturated carbocycles. The van der Waals surface area contributed by atoms with E-state index in [0.29, 0.717) is 0 Å². The van der Waals surface area contributed by atoms with Crippen molar-refractivity contribution in [3.8, 4) is 0 Å². The number of hydrogen-bond donors (Lipinski definition) is 2. The Morgan fingerprint density at radius 3 is 2.67 bits per heavy atom. The van der Waals surface area contributed by atoms with E-state index in [1.54, 1.807) is 6.92 Å². The van der Waals surface area contributed by atoms with Crippen LogP contribution in [0.1, 0.15) is 19.4 Å². The van der Waals surface area contributed by atoms with Gasteiger partial charge in [-0.05, 0) is 26.0 Å². The lowest BCUT2D eigenvalue weighted by Gasteiger charge is -2.09. The van der Waals surface area contributed by atoms with Gasteiger partial charge in [0, 0.05) is 5.56 Å². The monoisotopic (exact) mass is 251 g/mol. The molecule has 0 amide bonds. The zero-order chi connectivity index (χ0) is 13.7. The zero-order valence-electron chi connectivity index (χ0n) is 10.2. The number of halogens is 1. The third-order valence-corrected chi connectivity index (χ3v) is 2.20. The molecule has 18 heavy (non-hydrogen) atoms. The molecule has 5 heteroatoms. The van der Waals surface area contributed by atoms with Crippen LogP contribution in [0.25, 0.3) is 0 Å². The molecule has 0 aliphatic rings. The Bertz CT molecular complexity index is 505.